The fourth-order valence-electron chi connectivity index (χ4n) is 3.32. The minimum atomic E-state index is 0.272. The van der Waals surface area contributed by atoms with Crippen LogP contribution in [0.3, 0.4) is 0 Å². The van der Waals surface area contributed by atoms with E-state index in [1.54, 1.807) is 0 Å². The highest BCUT2D eigenvalue weighted by atomic mass is 16.5. The molecule has 0 radical (unpaired) electrons. The lowest BCUT2D eigenvalue weighted by Gasteiger charge is -2.39. The summed E-state index contributed by atoms with van der Waals surface area (Å²) in [6.45, 7) is 7.00. The van der Waals surface area contributed by atoms with Crippen LogP contribution in [-0.2, 0) is 9.53 Å². The first-order chi connectivity index (χ1) is 9.18. The molecule has 0 aromatic heterocycles. The molecule has 2 saturated heterocycles. The number of rotatable bonds is 4. The number of piperidine rings is 2. The van der Waals surface area contributed by atoms with Crippen LogP contribution in [0.4, 0.5) is 0 Å². The summed E-state index contributed by atoms with van der Waals surface area (Å²) in [6.07, 6.45) is 6.58. The largest absolute Gasteiger partial charge is 0.378 e. The third kappa shape index (κ3) is 4.18. The fraction of sp³-hybridized carbons (Fsp3) is 0.933. The van der Waals surface area contributed by atoms with Crippen LogP contribution in [0.5, 0.6) is 0 Å². The van der Waals surface area contributed by atoms with Gasteiger partial charge in [0.1, 0.15) is 0 Å². The van der Waals surface area contributed by atoms with Crippen molar-refractivity contribution in [3.8, 4) is 0 Å². The second-order valence-corrected chi connectivity index (χ2v) is 6.00. The van der Waals surface area contributed by atoms with E-state index in [-0.39, 0.29) is 5.91 Å². The standard InChI is InChI=1S/C15H28N2O2/c1-12-4-3-5-13(2)17(12)15(18)8-11-19-14-6-9-16-10-7-14/h12-14,16H,3-11H2,1-2H3. The molecule has 2 aliphatic heterocycles. The van der Waals surface area contributed by atoms with Crippen molar-refractivity contribution in [2.24, 2.45) is 0 Å². The quantitative estimate of drug-likeness (QED) is 0.847. The Morgan fingerprint density at radius 3 is 2.42 bits per heavy atom. The monoisotopic (exact) mass is 268 g/mol. The molecule has 0 aromatic carbocycles. The molecule has 4 nitrogen and oxygen atoms in total. The molecule has 2 unspecified atom stereocenters. The summed E-state index contributed by atoms with van der Waals surface area (Å²) in [7, 11) is 0. The van der Waals surface area contributed by atoms with Crippen molar-refractivity contribution in [2.45, 2.75) is 70.6 Å². The van der Waals surface area contributed by atoms with Gasteiger partial charge in [0.2, 0.25) is 5.91 Å². The normalized spacial score (nSPS) is 29.5. The van der Waals surface area contributed by atoms with E-state index in [0.717, 1.165) is 38.8 Å². The Hall–Kier alpha value is -0.610. The number of hydrogen-bond acceptors (Lipinski definition) is 3. The average Bonchev–Trinajstić information content (AvgIpc) is 2.40. The van der Waals surface area contributed by atoms with Crippen LogP contribution >= 0.6 is 0 Å². The zero-order chi connectivity index (χ0) is 13.7. The maximum absolute atomic E-state index is 12.3. The third-order valence-corrected chi connectivity index (χ3v) is 4.44. The lowest BCUT2D eigenvalue weighted by Crippen LogP contribution is -2.47. The molecule has 1 N–H and O–H groups in total. The topological polar surface area (TPSA) is 41.6 Å². The summed E-state index contributed by atoms with van der Waals surface area (Å²) < 4.78 is 5.83. The van der Waals surface area contributed by atoms with Gasteiger partial charge in [-0.15, -0.1) is 0 Å². The molecule has 2 heterocycles. The average molecular weight is 268 g/mol. The zero-order valence-electron chi connectivity index (χ0n) is 12.4. The van der Waals surface area contributed by atoms with Crippen molar-refractivity contribution >= 4 is 5.91 Å². The van der Waals surface area contributed by atoms with Gasteiger partial charge in [-0.2, -0.15) is 0 Å². The van der Waals surface area contributed by atoms with Gasteiger partial charge in [-0.3, -0.25) is 4.79 Å². The minimum Gasteiger partial charge on any atom is -0.378 e. The number of carbonyl (C=O) groups is 1. The zero-order valence-corrected chi connectivity index (χ0v) is 12.4. The number of nitrogens with one attached hydrogen (secondary N) is 1. The summed E-state index contributed by atoms with van der Waals surface area (Å²) >= 11 is 0. The molecule has 19 heavy (non-hydrogen) atoms. The first-order valence-corrected chi connectivity index (χ1v) is 7.82. The minimum absolute atomic E-state index is 0.272. The van der Waals surface area contributed by atoms with Crippen molar-refractivity contribution in [1.29, 1.82) is 0 Å². The van der Waals surface area contributed by atoms with E-state index < -0.39 is 0 Å². The molecule has 110 valence electrons. The number of amides is 1. The maximum Gasteiger partial charge on any atom is 0.225 e. The van der Waals surface area contributed by atoms with Crippen molar-refractivity contribution < 1.29 is 9.53 Å². The first kappa shape index (κ1) is 14.8. The molecule has 0 aliphatic carbocycles. The molecular weight excluding hydrogens is 240 g/mol. The van der Waals surface area contributed by atoms with Crippen molar-refractivity contribution in [3.05, 3.63) is 0 Å². The van der Waals surface area contributed by atoms with E-state index in [2.05, 4.69) is 24.1 Å². The highest BCUT2D eigenvalue weighted by molar-refractivity contribution is 5.77. The fourth-order valence-corrected chi connectivity index (χ4v) is 3.32. The number of likely N-dealkylation sites (tertiary alicyclic amines) is 1. The first-order valence-electron chi connectivity index (χ1n) is 7.82. The molecule has 4 heteroatoms. The van der Waals surface area contributed by atoms with Crippen LogP contribution in [0.15, 0.2) is 0 Å². The molecular formula is C15H28N2O2. The highest BCUT2D eigenvalue weighted by Crippen LogP contribution is 2.23. The van der Waals surface area contributed by atoms with Crippen LogP contribution in [0.2, 0.25) is 0 Å². The smallest absolute Gasteiger partial charge is 0.225 e. The van der Waals surface area contributed by atoms with Gasteiger partial charge in [0.05, 0.1) is 19.1 Å². The summed E-state index contributed by atoms with van der Waals surface area (Å²) in [5.74, 6) is 0.272. The molecule has 0 spiro atoms. The maximum atomic E-state index is 12.3. The Kier molecular flexibility index (Phi) is 5.64. The molecule has 0 bridgehead atoms. The van der Waals surface area contributed by atoms with Gasteiger partial charge >= 0.3 is 0 Å². The summed E-state index contributed by atoms with van der Waals surface area (Å²) in [5.41, 5.74) is 0. The van der Waals surface area contributed by atoms with Gasteiger partial charge in [-0.05, 0) is 59.0 Å². The molecule has 0 saturated carbocycles. The van der Waals surface area contributed by atoms with Gasteiger partial charge < -0.3 is 15.0 Å². The SMILES string of the molecule is CC1CCCC(C)N1C(=O)CCOC1CCNCC1. The lowest BCUT2D eigenvalue weighted by molar-refractivity contribution is -0.139. The van der Waals surface area contributed by atoms with Crippen LogP contribution in [0, 0.1) is 0 Å². The van der Waals surface area contributed by atoms with Gasteiger partial charge in [0.15, 0.2) is 0 Å². The second-order valence-electron chi connectivity index (χ2n) is 6.00. The van der Waals surface area contributed by atoms with Gasteiger partial charge in [0.25, 0.3) is 0 Å². The van der Waals surface area contributed by atoms with Gasteiger partial charge in [-0.1, -0.05) is 0 Å². The van der Waals surface area contributed by atoms with E-state index in [9.17, 15) is 4.79 Å². The van der Waals surface area contributed by atoms with Crippen molar-refractivity contribution in [3.63, 3.8) is 0 Å². The Labute approximate surface area is 116 Å². The van der Waals surface area contributed by atoms with Crippen LogP contribution < -0.4 is 5.32 Å². The number of carbonyl (C=O) groups excluding carboxylic acids is 1. The lowest BCUT2D eigenvalue weighted by atomic mass is 9.97. The molecule has 0 aromatic rings. The summed E-state index contributed by atoms with van der Waals surface area (Å²) in [4.78, 5) is 14.4. The Balaban J connectivity index is 1.70. The van der Waals surface area contributed by atoms with Crippen molar-refractivity contribution in [1.82, 2.24) is 10.2 Å². The van der Waals surface area contributed by atoms with Gasteiger partial charge in [-0.25, -0.2) is 0 Å². The molecule has 2 fully saturated rings. The second kappa shape index (κ2) is 7.25. The Morgan fingerprint density at radius 1 is 1.16 bits per heavy atom. The van der Waals surface area contributed by atoms with Crippen LogP contribution in [0.1, 0.15) is 52.4 Å². The Morgan fingerprint density at radius 2 is 1.79 bits per heavy atom. The van der Waals surface area contributed by atoms with E-state index >= 15 is 0 Å². The van der Waals surface area contributed by atoms with Crippen LogP contribution in [0.25, 0.3) is 0 Å². The highest BCUT2D eigenvalue weighted by Gasteiger charge is 2.28. The van der Waals surface area contributed by atoms with E-state index in [1.165, 1.54) is 6.42 Å². The predicted octanol–water partition coefficient (Wildman–Crippen LogP) is 1.93. The molecule has 1 amide bonds. The predicted molar refractivity (Wildman–Crippen MR) is 76.1 cm³/mol. The molecule has 2 atom stereocenters. The van der Waals surface area contributed by atoms with E-state index in [4.69, 9.17) is 4.74 Å². The summed E-state index contributed by atoms with van der Waals surface area (Å²) in [6, 6.07) is 0.797. The summed E-state index contributed by atoms with van der Waals surface area (Å²) in [5, 5.41) is 3.32. The van der Waals surface area contributed by atoms with Crippen molar-refractivity contribution in [2.75, 3.05) is 19.7 Å². The van der Waals surface area contributed by atoms with Crippen LogP contribution in [-0.4, -0.2) is 48.7 Å². The molecule has 2 rings (SSSR count). The number of nitrogens with zero attached hydrogens (tertiary/aromatic N) is 1. The Bertz CT molecular complexity index is 280. The van der Waals surface area contributed by atoms with Gasteiger partial charge in [0, 0.05) is 12.1 Å². The third-order valence-electron chi connectivity index (χ3n) is 4.44. The number of ether oxygens (including phenoxy) is 1. The van der Waals surface area contributed by atoms with E-state index in [1.807, 2.05) is 0 Å². The molecule has 2 aliphatic rings. The van der Waals surface area contributed by atoms with E-state index in [0.29, 0.717) is 31.2 Å². The number of hydrogen-bond donors (Lipinski definition) is 1.